The van der Waals surface area contributed by atoms with E-state index in [4.69, 9.17) is 5.73 Å². The summed E-state index contributed by atoms with van der Waals surface area (Å²) in [5, 5.41) is 7.68. The van der Waals surface area contributed by atoms with Crippen LogP contribution in [0.1, 0.15) is 24.6 Å². The average molecular weight is 191 g/mol. The van der Waals surface area contributed by atoms with Crippen LogP contribution in [0.2, 0.25) is 0 Å². The summed E-state index contributed by atoms with van der Waals surface area (Å²) in [4.78, 5) is 10.5. The van der Waals surface area contributed by atoms with E-state index in [1.807, 2.05) is 6.07 Å². The molecule has 14 heavy (non-hydrogen) atoms. The van der Waals surface area contributed by atoms with E-state index < -0.39 is 5.91 Å². The van der Waals surface area contributed by atoms with E-state index in [1.54, 1.807) is 12.3 Å². The number of nitrogens with zero attached hydrogens (tertiary/aromatic N) is 2. The lowest BCUT2D eigenvalue weighted by atomic mass is 10.1. The largest absolute Gasteiger partial charge is 0.366 e. The molecule has 1 aromatic heterocycles. The Labute approximate surface area is 82.8 Å². The molecule has 0 aromatic carbocycles. The summed E-state index contributed by atoms with van der Waals surface area (Å²) in [5.41, 5.74) is 6.74. The molecule has 1 amide bonds. The molecular formula is C10H13N3O. The lowest BCUT2D eigenvalue weighted by Crippen LogP contribution is -2.05. The zero-order valence-electron chi connectivity index (χ0n) is 8.10. The minimum absolute atomic E-state index is 0.479. The molecule has 0 fully saturated rings. The molecule has 0 aliphatic carbocycles. The molecule has 0 unspecified atom stereocenters. The zero-order chi connectivity index (χ0) is 10.4. The van der Waals surface area contributed by atoms with Gasteiger partial charge in [0.05, 0.1) is 11.9 Å². The fraction of sp³-hybridized carbons (Fsp3) is 0.300. The third-order valence-electron chi connectivity index (χ3n) is 1.69. The Hall–Kier alpha value is -1.71. The van der Waals surface area contributed by atoms with Crippen LogP contribution >= 0.6 is 0 Å². The van der Waals surface area contributed by atoms with Crippen LogP contribution in [0.15, 0.2) is 18.3 Å². The Bertz CT molecular complexity index is 347. The van der Waals surface area contributed by atoms with Crippen LogP contribution in [-0.4, -0.2) is 16.1 Å². The number of rotatable bonds is 4. The van der Waals surface area contributed by atoms with Gasteiger partial charge in [0.25, 0.3) is 0 Å². The number of aryl methyl sites for hydroxylation is 1. The highest BCUT2D eigenvalue weighted by molar-refractivity contribution is 5.89. The Balaban J connectivity index is 2.77. The summed E-state index contributed by atoms with van der Waals surface area (Å²) < 4.78 is 0. The van der Waals surface area contributed by atoms with Crippen molar-refractivity contribution in [3.8, 4) is 0 Å². The molecule has 0 spiro atoms. The summed E-state index contributed by atoms with van der Waals surface area (Å²) in [6.45, 7) is 2.10. The van der Waals surface area contributed by atoms with E-state index >= 15 is 0 Å². The van der Waals surface area contributed by atoms with Crippen molar-refractivity contribution in [3.05, 3.63) is 29.6 Å². The monoisotopic (exact) mass is 191 g/mol. The van der Waals surface area contributed by atoms with Crippen molar-refractivity contribution < 1.29 is 4.79 Å². The summed E-state index contributed by atoms with van der Waals surface area (Å²) in [6, 6.07) is 1.90. The van der Waals surface area contributed by atoms with Gasteiger partial charge in [0.1, 0.15) is 0 Å². The summed E-state index contributed by atoms with van der Waals surface area (Å²) in [7, 11) is 0. The van der Waals surface area contributed by atoms with Crippen LogP contribution < -0.4 is 5.73 Å². The molecule has 0 atom stereocenters. The van der Waals surface area contributed by atoms with Crippen LogP contribution in [-0.2, 0) is 11.2 Å². The minimum atomic E-state index is -0.479. The number of amides is 1. The van der Waals surface area contributed by atoms with Crippen LogP contribution in [0.5, 0.6) is 0 Å². The van der Waals surface area contributed by atoms with Crippen molar-refractivity contribution in [2.75, 3.05) is 0 Å². The van der Waals surface area contributed by atoms with Crippen molar-refractivity contribution in [2.45, 2.75) is 19.8 Å². The van der Waals surface area contributed by atoms with Gasteiger partial charge in [-0.05, 0) is 24.1 Å². The van der Waals surface area contributed by atoms with Gasteiger partial charge in [-0.2, -0.15) is 10.2 Å². The van der Waals surface area contributed by atoms with E-state index in [1.165, 1.54) is 6.08 Å². The predicted octanol–water partition coefficient (Wildman–Crippen LogP) is 0.928. The van der Waals surface area contributed by atoms with Crippen molar-refractivity contribution in [2.24, 2.45) is 5.73 Å². The first kappa shape index (κ1) is 10.4. The SMILES string of the molecule is CCCc1cnnc(/C=C/C(N)=O)c1. The van der Waals surface area contributed by atoms with Gasteiger partial charge in [0, 0.05) is 6.08 Å². The Morgan fingerprint density at radius 3 is 3.07 bits per heavy atom. The maximum atomic E-state index is 10.5. The molecule has 1 rings (SSSR count). The standard InChI is InChI=1S/C10H13N3O/c1-2-3-8-6-9(13-12-7-8)4-5-10(11)14/h4-7H,2-3H2,1H3,(H2,11,14)/b5-4+. The first-order valence-electron chi connectivity index (χ1n) is 4.51. The number of nitrogens with two attached hydrogens (primary N) is 1. The quantitative estimate of drug-likeness (QED) is 0.720. The van der Waals surface area contributed by atoms with E-state index in [0.29, 0.717) is 5.69 Å². The molecular weight excluding hydrogens is 178 g/mol. The zero-order valence-corrected chi connectivity index (χ0v) is 8.10. The number of aromatic nitrogens is 2. The molecule has 4 nitrogen and oxygen atoms in total. The Morgan fingerprint density at radius 1 is 1.64 bits per heavy atom. The number of hydrogen-bond donors (Lipinski definition) is 1. The smallest absolute Gasteiger partial charge is 0.241 e. The third kappa shape index (κ3) is 3.35. The highest BCUT2D eigenvalue weighted by atomic mass is 16.1. The summed E-state index contributed by atoms with van der Waals surface area (Å²) in [6.07, 6.45) is 6.59. The molecule has 0 aliphatic rings. The van der Waals surface area contributed by atoms with Gasteiger partial charge in [-0.15, -0.1) is 0 Å². The number of carbonyl (C=O) groups is 1. The van der Waals surface area contributed by atoms with Crippen molar-refractivity contribution in [1.29, 1.82) is 0 Å². The number of primary amides is 1. The van der Waals surface area contributed by atoms with Gasteiger partial charge in [-0.25, -0.2) is 0 Å². The molecule has 4 heteroatoms. The van der Waals surface area contributed by atoms with Gasteiger partial charge in [0.2, 0.25) is 5.91 Å². The minimum Gasteiger partial charge on any atom is -0.366 e. The third-order valence-corrected chi connectivity index (χ3v) is 1.69. The van der Waals surface area contributed by atoms with Crippen LogP contribution in [0.4, 0.5) is 0 Å². The van der Waals surface area contributed by atoms with Crippen LogP contribution in [0.25, 0.3) is 6.08 Å². The highest BCUT2D eigenvalue weighted by Gasteiger charge is 1.95. The van der Waals surface area contributed by atoms with Gasteiger partial charge in [-0.3, -0.25) is 4.79 Å². The van der Waals surface area contributed by atoms with Crippen molar-refractivity contribution in [3.63, 3.8) is 0 Å². The average Bonchev–Trinajstić information content (AvgIpc) is 2.16. The molecule has 0 saturated heterocycles. The summed E-state index contributed by atoms with van der Waals surface area (Å²) >= 11 is 0. The molecule has 2 N–H and O–H groups in total. The van der Waals surface area contributed by atoms with Crippen molar-refractivity contribution in [1.82, 2.24) is 10.2 Å². The van der Waals surface area contributed by atoms with E-state index in [2.05, 4.69) is 17.1 Å². The van der Waals surface area contributed by atoms with Crippen LogP contribution in [0, 0.1) is 0 Å². The lowest BCUT2D eigenvalue weighted by molar-refractivity contribution is -0.113. The molecule has 0 aliphatic heterocycles. The molecule has 0 radical (unpaired) electrons. The molecule has 1 heterocycles. The second kappa shape index (κ2) is 5.11. The van der Waals surface area contributed by atoms with E-state index in [0.717, 1.165) is 18.4 Å². The maximum Gasteiger partial charge on any atom is 0.241 e. The molecule has 0 saturated carbocycles. The van der Waals surface area contributed by atoms with E-state index in [9.17, 15) is 4.79 Å². The highest BCUT2D eigenvalue weighted by Crippen LogP contribution is 2.04. The first-order chi connectivity index (χ1) is 6.72. The molecule has 1 aromatic rings. The second-order valence-electron chi connectivity index (χ2n) is 2.97. The fourth-order valence-electron chi connectivity index (χ4n) is 1.10. The molecule has 0 bridgehead atoms. The number of carbonyl (C=O) groups excluding carboxylic acids is 1. The maximum absolute atomic E-state index is 10.5. The van der Waals surface area contributed by atoms with Gasteiger partial charge >= 0.3 is 0 Å². The first-order valence-corrected chi connectivity index (χ1v) is 4.51. The van der Waals surface area contributed by atoms with Gasteiger partial charge in [0.15, 0.2) is 0 Å². The van der Waals surface area contributed by atoms with Crippen LogP contribution in [0.3, 0.4) is 0 Å². The predicted molar refractivity (Wildman–Crippen MR) is 54.3 cm³/mol. The topological polar surface area (TPSA) is 68.9 Å². The Kier molecular flexibility index (Phi) is 3.79. The van der Waals surface area contributed by atoms with Gasteiger partial charge < -0.3 is 5.73 Å². The van der Waals surface area contributed by atoms with Gasteiger partial charge in [-0.1, -0.05) is 13.3 Å². The number of hydrogen-bond acceptors (Lipinski definition) is 3. The molecule has 74 valence electrons. The van der Waals surface area contributed by atoms with Crippen molar-refractivity contribution >= 4 is 12.0 Å². The Morgan fingerprint density at radius 2 is 2.43 bits per heavy atom. The fourth-order valence-corrected chi connectivity index (χ4v) is 1.10. The van der Waals surface area contributed by atoms with E-state index in [-0.39, 0.29) is 0 Å². The normalized spacial score (nSPS) is 10.6. The second-order valence-corrected chi connectivity index (χ2v) is 2.97. The lowest BCUT2D eigenvalue weighted by Gasteiger charge is -1.97. The summed E-state index contributed by atoms with van der Waals surface area (Å²) in [5.74, 6) is -0.479.